The van der Waals surface area contributed by atoms with Gasteiger partial charge in [-0.05, 0) is 29.8 Å². The smallest absolute Gasteiger partial charge is 0.289 e. The number of hydrogen-bond donors (Lipinski definition) is 0. The van der Waals surface area contributed by atoms with Crippen molar-refractivity contribution in [3.8, 4) is 0 Å². The molecule has 1 aliphatic heterocycles. The number of pyridine rings is 1. The van der Waals surface area contributed by atoms with Gasteiger partial charge < -0.3 is 9.32 Å². The molecule has 4 rings (SSSR count). The first-order valence-electron chi connectivity index (χ1n) is 8.19. The van der Waals surface area contributed by atoms with E-state index in [-0.39, 0.29) is 5.91 Å². The Morgan fingerprint density at radius 3 is 2.54 bits per heavy atom. The van der Waals surface area contributed by atoms with Crippen molar-refractivity contribution in [2.45, 2.75) is 6.54 Å². The lowest BCUT2D eigenvalue weighted by molar-refractivity contribution is 0.0600. The molecule has 1 amide bonds. The zero-order valence-corrected chi connectivity index (χ0v) is 13.4. The molecule has 5 heteroatoms. The molecule has 1 saturated heterocycles. The number of aromatic nitrogens is 1. The highest BCUT2D eigenvalue weighted by Gasteiger charge is 2.24. The van der Waals surface area contributed by atoms with Crippen LogP contribution in [-0.4, -0.2) is 46.9 Å². The summed E-state index contributed by atoms with van der Waals surface area (Å²) in [5.74, 6) is 0.411. The Kier molecular flexibility index (Phi) is 4.01. The minimum absolute atomic E-state index is 0.0187. The van der Waals surface area contributed by atoms with Crippen LogP contribution in [0.3, 0.4) is 0 Å². The lowest BCUT2D eigenvalue weighted by atomic mass is 10.2. The van der Waals surface area contributed by atoms with Gasteiger partial charge in [0.05, 0.1) is 0 Å². The molecule has 0 saturated carbocycles. The van der Waals surface area contributed by atoms with Crippen LogP contribution in [-0.2, 0) is 6.54 Å². The molecule has 2 aromatic heterocycles. The van der Waals surface area contributed by atoms with Crippen LogP contribution in [0.4, 0.5) is 0 Å². The van der Waals surface area contributed by atoms with Gasteiger partial charge in [0.1, 0.15) is 5.58 Å². The number of nitrogens with zero attached hydrogens (tertiary/aromatic N) is 3. The van der Waals surface area contributed by atoms with E-state index in [4.69, 9.17) is 4.42 Å². The quantitative estimate of drug-likeness (QED) is 0.744. The van der Waals surface area contributed by atoms with Crippen molar-refractivity contribution in [2.75, 3.05) is 26.2 Å². The molecule has 0 atom stereocenters. The summed E-state index contributed by atoms with van der Waals surface area (Å²) in [7, 11) is 0. The summed E-state index contributed by atoms with van der Waals surface area (Å²) in [6.45, 7) is 4.08. The Labute approximate surface area is 140 Å². The zero-order valence-electron chi connectivity index (χ0n) is 13.4. The van der Waals surface area contributed by atoms with Crippen LogP contribution in [0.1, 0.15) is 16.1 Å². The molecule has 24 heavy (non-hydrogen) atoms. The molecule has 0 spiro atoms. The number of furan rings is 1. The average Bonchev–Trinajstić information content (AvgIpc) is 3.07. The van der Waals surface area contributed by atoms with Crippen LogP contribution < -0.4 is 0 Å². The van der Waals surface area contributed by atoms with Crippen LogP contribution in [0, 0.1) is 0 Å². The summed E-state index contributed by atoms with van der Waals surface area (Å²) >= 11 is 0. The highest BCUT2D eigenvalue weighted by atomic mass is 16.3. The molecule has 0 aliphatic carbocycles. The first kappa shape index (κ1) is 14.9. The van der Waals surface area contributed by atoms with Crippen LogP contribution in [0.25, 0.3) is 11.0 Å². The second-order valence-corrected chi connectivity index (χ2v) is 6.07. The van der Waals surface area contributed by atoms with E-state index in [0.717, 1.165) is 43.7 Å². The van der Waals surface area contributed by atoms with Gasteiger partial charge in [0.15, 0.2) is 5.76 Å². The summed E-state index contributed by atoms with van der Waals surface area (Å²) in [5, 5.41) is 0.970. The normalized spacial score (nSPS) is 15.8. The summed E-state index contributed by atoms with van der Waals surface area (Å²) in [6.07, 6.45) is 3.63. The van der Waals surface area contributed by atoms with Gasteiger partial charge in [-0.2, -0.15) is 0 Å². The summed E-state index contributed by atoms with van der Waals surface area (Å²) in [5.41, 5.74) is 2.01. The van der Waals surface area contributed by atoms with Crippen molar-refractivity contribution in [2.24, 2.45) is 0 Å². The molecule has 1 fully saturated rings. The number of carbonyl (C=O) groups is 1. The van der Waals surface area contributed by atoms with Gasteiger partial charge in [0, 0.05) is 50.5 Å². The molecular formula is C19H19N3O2. The molecule has 0 bridgehead atoms. The number of amides is 1. The minimum atomic E-state index is -0.0187. The van der Waals surface area contributed by atoms with Gasteiger partial charge in [0.2, 0.25) is 0 Å². The van der Waals surface area contributed by atoms with Crippen molar-refractivity contribution in [1.29, 1.82) is 0 Å². The third-order valence-electron chi connectivity index (χ3n) is 4.45. The lowest BCUT2D eigenvalue weighted by Gasteiger charge is -2.34. The molecule has 1 aliphatic rings. The number of rotatable bonds is 3. The maximum Gasteiger partial charge on any atom is 0.289 e. The molecule has 3 aromatic rings. The molecule has 1 aromatic carbocycles. The maximum absolute atomic E-state index is 12.6. The van der Waals surface area contributed by atoms with E-state index in [1.165, 1.54) is 5.56 Å². The van der Waals surface area contributed by atoms with Crippen LogP contribution in [0.5, 0.6) is 0 Å². The second-order valence-electron chi connectivity index (χ2n) is 6.07. The predicted octanol–water partition coefficient (Wildman–Crippen LogP) is 2.79. The fourth-order valence-electron chi connectivity index (χ4n) is 3.10. The van der Waals surface area contributed by atoms with E-state index in [9.17, 15) is 4.79 Å². The third kappa shape index (κ3) is 3.03. The highest BCUT2D eigenvalue weighted by molar-refractivity contribution is 5.96. The molecule has 5 nitrogen and oxygen atoms in total. The van der Waals surface area contributed by atoms with Gasteiger partial charge in [-0.1, -0.05) is 18.2 Å². The summed E-state index contributed by atoms with van der Waals surface area (Å²) < 4.78 is 5.69. The molecule has 0 N–H and O–H groups in total. The zero-order chi connectivity index (χ0) is 16.4. The fourth-order valence-corrected chi connectivity index (χ4v) is 3.10. The van der Waals surface area contributed by atoms with Crippen molar-refractivity contribution >= 4 is 16.9 Å². The first-order valence-corrected chi connectivity index (χ1v) is 8.19. The number of hydrogen-bond acceptors (Lipinski definition) is 4. The van der Waals surface area contributed by atoms with Gasteiger partial charge in [-0.25, -0.2) is 0 Å². The van der Waals surface area contributed by atoms with Gasteiger partial charge in [-0.15, -0.1) is 0 Å². The number of piperazine rings is 1. The third-order valence-corrected chi connectivity index (χ3v) is 4.45. The van der Waals surface area contributed by atoms with E-state index in [1.54, 1.807) is 0 Å². The van der Waals surface area contributed by atoms with Crippen LogP contribution in [0.2, 0.25) is 0 Å². The van der Waals surface area contributed by atoms with E-state index in [2.05, 4.69) is 9.88 Å². The summed E-state index contributed by atoms with van der Waals surface area (Å²) in [6, 6.07) is 13.6. The Morgan fingerprint density at radius 1 is 1.04 bits per heavy atom. The van der Waals surface area contributed by atoms with Crippen molar-refractivity contribution < 1.29 is 9.21 Å². The Bertz CT molecular complexity index is 803. The van der Waals surface area contributed by atoms with Crippen LogP contribution in [0.15, 0.2) is 59.3 Å². The molecular weight excluding hydrogens is 302 g/mol. The standard InChI is InChI=1S/C19H19N3O2/c23-19(18-13-16-3-1-2-4-17(16)24-18)22-11-9-21(10-12-22)14-15-5-7-20-8-6-15/h1-8,13H,9-12,14H2. The van der Waals surface area contributed by atoms with Crippen LogP contribution >= 0.6 is 0 Å². The Morgan fingerprint density at radius 2 is 1.79 bits per heavy atom. The van der Waals surface area contributed by atoms with E-state index < -0.39 is 0 Å². The molecule has 0 radical (unpaired) electrons. The summed E-state index contributed by atoms with van der Waals surface area (Å²) in [4.78, 5) is 20.9. The van der Waals surface area contributed by atoms with Gasteiger partial charge >= 0.3 is 0 Å². The molecule has 3 heterocycles. The van der Waals surface area contributed by atoms with E-state index in [1.807, 2.05) is 59.8 Å². The number of fused-ring (bicyclic) bond motifs is 1. The Balaban J connectivity index is 1.39. The monoisotopic (exact) mass is 321 g/mol. The number of para-hydroxylation sites is 1. The van der Waals surface area contributed by atoms with Crippen molar-refractivity contribution in [3.63, 3.8) is 0 Å². The maximum atomic E-state index is 12.6. The van der Waals surface area contributed by atoms with Gasteiger partial charge in [-0.3, -0.25) is 14.7 Å². The largest absolute Gasteiger partial charge is 0.451 e. The SMILES string of the molecule is O=C(c1cc2ccccc2o1)N1CCN(Cc2ccncc2)CC1. The highest BCUT2D eigenvalue weighted by Crippen LogP contribution is 2.20. The number of benzene rings is 1. The lowest BCUT2D eigenvalue weighted by Crippen LogP contribution is -2.48. The van der Waals surface area contributed by atoms with E-state index >= 15 is 0 Å². The number of carbonyl (C=O) groups excluding carboxylic acids is 1. The fraction of sp³-hybridized carbons (Fsp3) is 0.263. The van der Waals surface area contributed by atoms with Gasteiger partial charge in [0.25, 0.3) is 5.91 Å². The topological polar surface area (TPSA) is 49.6 Å². The minimum Gasteiger partial charge on any atom is -0.451 e. The van der Waals surface area contributed by atoms with E-state index in [0.29, 0.717) is 5.76 Å². The average molecular weight is 321 g/mol. The molecule has 0 unspecified atom stereocenters. The van der Waals surface area contributed by atoms with Crippen molar-refractivity contribution in [3.05, 3.63) is 66.2 Å². The second kappa shape index (κ2) is 6.45. The molecule has 122 valence electrons. The van der Waals surface area contributed by atoms with Crippen molar-refractivity contribution in [1.82, 2.24) is 14.8 Å². The predicted molar refractivity (Wildman–Crippen MR) is 91.6 cm³/mol. The Hall–Kier alpha value is -2.66. The first-order chi connectivity index (χ1) is 11.8.